The monoisotopic (exact) mass is 547 g/mol. The normalized spacial score (nSPS) is 21.7. The SMILES string of the molecule is Cc1cccc(CCOC2(C(OC(C)(C)C)C(=O)O)C=NC(c3cnc(C)cc3N3CCC(C)(C)CC3)=CC2)c1. The van der Waals surface area contributed by atoms with Gasteiger partial charge in [0.25, 0.3) is 0 Å². The number of anilines is 1. The summed E-state index contributed by atoms with van der Waals surface area (Å²) in [5.74, 6) is -1.07. The van der Waals surface area contributed by atoms with Crippen LogP contribution < -0.4 is 4.90 Å². The van der Waals surface area contributed by atoms with Crippen molar-refractivity contribution in [3.8, 4) is 0 Å². The minimum absolute atomic E-state index is 0.326. The second-order valence-electron chi connectivity index (χ2n) is 13.0. The number of aliphatic imine (C=N–C) groups is 1. The molecular formula is C33H45N3O4. The summed E-state index contributed by atoms with van der Waals surface area (Å²) in [6.07, 6.45) is 7.55. The number of benzene rings is 1. The Morgan fingerprint density at radius 1 is 1.15 bits per heavy atom. The maximum atomic E-state index is 12.6. The number of aryl methyl sites for hydroxylation is 2. The van der Waals surface area contributed by atoms with E-state index in [1.54, 1.807) is 6.21 Å². The molecule has 1 fully saturated rings. The Labute approximate surface area is 239 Å². The molecule has 3 heterocycles. The fourth-order valence-electron chi connectivity index (χ4n) is 5.36. The van der Waals surface area contributed by atoms with E-state index in [1.165, 1.54) is 5.56 Å². The number of piperidine rings is 1. The van der Waals surface area contributed by atoms with Gasteiger partial charge in [0.1, 0.15) is 5.60 Å². The van der Waals surface area contributed by atoms with E-state index in [4.69, 9.17) is 14.5 Å². The van der Waals surface area contributed by atoms with Crippen molar-refractivity contribution in [3.05, 3.63) is 65.0 Å². The molecule has 0 amide bonds. The summed E-state index contributed by atoms with van der Waals surface area (Å²) < 4.78 is 12.5. The van der Waals surface area contributed by atoms with Gasteiger partial charge in [-0.25, -0.2) is 4.79 Å². The van der Waals surface area contributed by atoms with Crippen LogP contribution in [0, 0.1) is 19.3 Å². The molecule has 7 nitrogen and oxygen atoms in total. The van der Waals surface area contributed by atoms with Crippen LogP contribution in [-0.4, -0.2) is 59.3 Å². The Morgan fingerprint density at radius 2 is 1.88 bits per heavy atom. The number of carboxylic acids is 1. The molecule has 40 heavy (non-hydrogen) atoms. The molecule has 2 aliphatic rings. The molecule has 1 aromatic heterocycles. The van der Waals surface area contributed by atoms with Gasteiger partial charge in [-0.1, -0.05) is 49.8 Å². The lowest BCUT2D eigenvalue weighted by Gasteiger charge is -2.40. The third-order valence-electron chi connectivity index (χ3n) is 7.77. The van der Waals surface area contributed by atoms with Gasteiger partial charge in [0.2, 0.25) is 0 Å². The van der Waals surface area contributed by atoms with Crippen LogP contribution in [0.3, 0.4) is 0 Å². The zero-order valence-electron chi connectivity index (χ0n) is 25.2. The molecule has 1 aromatic carbocycles. The summed E-state index contributed by atoms with van der Waals surface area (Å²) in [5, 5.41) is 10.3. The first-order chi connectivity index (χ1) is 18.8. The second kappa shape index (κ2) is 11.8. The van der Waals surface area contributed by atoms with Gasteiger partial charge in [0, 0.05) is 48.9 Å². The molecule has 0 saturated carbocycles. The molecule has 0 spiro atoms. The highest BCUT2D eigenvalue weighted by Gasteiger charge is 2.47. The molecule has 216 valence electrons. The van der Waals surface area contributed by atoms with E-state index in [1.807, 2.05) is 46.0 Å². The molecule has 0 radical (unpaired) electrons. The van der Waals surface area contributed by atoms with Crippen LogP contribution in [-0.2, 0) is 20.7 Å². The van der Waals surface area contributed by atoms with Crippen LogP contribution in [0.4, 0.5) is 5.69 Å². The zero-order valence-corrected chi connectivity index (χ0v) is 25.2. The Hall–Kier alpha value is -3.03. The highest BCUT2D eigenvalue weighted by atomic mass is 16.6. The third kappa shape index (κ3) is 7.38. The molecular weight excluding hydrogens is 502 g/mol. The quantitative estimate of drug-likeness (QED) is 0.391. The lowest BCUT2D eigenvalue weighted by atomic mass is 9.82. The van der Waals surface area contributed by atoms with Gasteiger partial charge < -0.3 is 19.5 Å². The number of hydrogen-bond donors (Lipinski definition) is 1. The number of carboxylic acid groups (broad SMARTS) is 1. The maximum absolute atomic E-state index is 12.6. The highest BCUT2D eigenvalue weighted by molar-refractivity contribution is 5.90. The second-order valence-corrected chi connectivity index (χ2v) is 13.0. The van der Waals surface area contributed by atoms with Crippen LogP contribution in [0.5, 0.6) is 0 Å². The molecule has 2 atom stereocenters. The molecule has 4 rings (SSSR count). The molecule has 2 aliphatic heterocycles. The van der Waals surface area contributed by atoms with Gasteiger partial charge in [-0.15, -0.1) is 0 Å². The molecule has 1 saturated heterocycles. The summed E-state index contributed by atoms with van der Waals surface area (Å²) in [7, 11) is 0. The number of ether oxygens (including phenoxy) is 2. The molecule has 2 aromatic rings. The van der Waals surface area contributed by atoms with Gasteiger partial charge in [-0.3, -0.25) is 9.98 Å². The summed E-state index contributed by atoms with van der Waals surface area (Å²) in [4.78, 5) is 24.4. The van der Waals surface area contributed by atoms with E-state index >= 15 is 0 Å². The summed E-state index contributed by atoms with van der Waals surface area (Å²) >= 11 is 0. The van der Waals surface area contributed by atoms with Gasteiger partial charge in [0.15, 0.2) is 6.10 Å². The van der Waals surface area contributed by atoms with E-state index in [2.05, 4.69) is 54.9 Å². The van der Waals surface area contributed by atoms with Crippen LogP contribution >= 0.6 is 0 Å². The minimum atomic E-state index is -1.24. The van der Waals surface area contributed by atoms with E-state index in [-0.39, 0.29) is 0 Å². The number of rotatable bonds is 9. The first-order valence-corrected chi connectivity index (χ1v) is 14.3. The van der Waals surface area contributed by atoms with Crippen LogP contribution in [0.15, 0.2) is 47.6 Å². The largest absolute Gasteiger partial charge is 0.479 e. The Morgan fingerprint density at radius 3 is 2.48 bits per heavy atom. The fraction of sp³-hybridized carbons (Fsp3) is 0.545. The molecule has 1 N–H and O–H groups in total. The van der Waals surface area contributed by atoms with Crippen molar-refractivity contribution in [2.45, 2.75) is 91.5 Å². The average molecular weight is 548 g/mol. The number of pyridine rings is 1. The van der Waals surface area contributed by atoms with Crippen molar-refractivity contribution in [1.82, 2.24) is 4.98 Å². The fourth-order valence-corrected chi connectivity index (χ4v) is 5.36. The predicted octanol–water partition coefficient (Wildman–Crippen LogP) is 6.41. The minimum Gasteiger partial charge on any atom is -0.479 e. The topological polar surface area (TPSA) is 84.2 Å². The van der Waals surface area contributed by atoms with Crippen molar-refractivity contribution in [2.75, 3.05) is 24.6 Å². The lowest BCUT2D eigenvalue weighted by Crippen LogP contribution is -2.55. The Balaban J connectivity index is 1.62. The van der Waals surface area contributed by atoms with E-state index in [9.17, 15) is 9.90 Å². The molecule has 2 unspecified atom stereocenters. The summed E-state index contributed by atoms with van der Waals surface area (Å²) in [6.45, 7) is 16.6. The van der Waals surface area contributed by atoms with Gasteiger partial charge in [0.05, 0.1) is 17.9 Å². The van der Waals surface area contributed by atoms with Crippen molar-refractivity contribution in [3.63, 3.8) is 0 Å². The number of hydrogen-bond acceptors (Lipinski definition) is 6. The van der Waals surface area contributed by atoms with Crippen molar-refractivity contribution >= 4 is 23.6 Å². The first-order valence-electron chi connectivity index (χ1n) is 14.3. The summed E-state index contributed by atoms with van der Waals surface area (Å²) in [5.41, 5.74) is 4.58. The van der Waals surface area contributed by atoms with Gasteiger partial charge in [-0.2, -0.15) is 0 Å². The smallest absolute Gasteiger partial charge is 0.336 e. The van der Waals surface area contributed by atoms with Crippen LogP contribution in [0.1, 0.15) is 76.3 Å². The third-order valence-corrected chi connectivity index (χ3v) is 7.77. The van der Waals surface area contributed by atoms with Crippen molar-refractivity contribution < 1.29 is 19.4 Å². The zero-order chi connectivity index (χ0) is 29.1. The molecule has 0 aliphatic carbocycles. The maximum Gasteiger partial charge on any atom is 0.336 e. The number of carbonyl (C=O) groups is 1. The van der Waals surface area contributed by atoms with Gasteiger partial charge in [-0.05, 0) is 70.9 Å². The number of nitrogens with zero attached hydrogens (tertiary/aromatic N) is 3. The standard InChI is InChI=1S/C33H45N3O4/c1-23-9-8-10-25(19-23)12-18-39-33(29(30(37)38)40-31(3,4)5)13-11-27(35-22-33)26-21-34-24(2)20-28(26)36-16-14-32(6,7)15-17-36/h8-11,19-22,29H,12-18H2,1-7H3,(H,37,38). The summed E-state index contributed by atoms with van der Waals surface area (Å²) in [6, 6.07) is 10.4. The highest BCUT2D eigenvalue weighted by Crippen LogP contribution is 2.38. The molecule has 0 bridgehead atoms. The number of aliphatic carboxylic acids is 1. The Kier molecular flexibility index (Phi) is 8.86. The Bertz CT molecular complexity index is 1270. The van der Waals surface area contributed by atoms with E-state index in [0.717, 1.165) is 54.1 Å². The van der Waals surface area contributed by atoms with Crippen molar-refractivity contribution in [1.29, 1.82) is 0 Å². The average Bonchev–Trinajstić information content (AvgIpc) is 2.87. The predicted molar refractivity (Wildman–Crippen MR) is 161 cm³/mol. The first kappa shape index (κ1) is 29.9. The van der Waals surface area contributed by atoms with Crippen LogP contribution in [0.25, 0.3) is 5.70 Å². The van der Waals surface area contributed by atoms with Gasteiger partial charge >= 0.3 is 5.97 Å². The van der Waals surface area contributed by atoms with Crippen molar-refractivity contribution in [2.24, 2.45) is 10.4 Å². The van der Waals surface area contributed by atoms with E-state index < -0.39 is 23.3 Å². The van der Waals surface area contributed by atoms with Crippen LogP contribution in [0.2, 0.25) is 0 Å². The lowest BCUT2D eigenvalue weighted by molar-refractivity contribution is -0.186. The molecule has 7 heteroatoms. The number of aromatic nitrogens is 1. The van der Waals surface area contributed by atoms with E-state index in [0.29, 0.717) is 24.9 Å².